The van der Waals surface area contributed by atoms with Crippen LogP contribution in [0.5, 0.6) is 5.75 Å². The van der Waals surface area contributed by atoms with E-state index in [9.17, 15) is 4.79 Å². The summed E-state index contributed by atoms with van der Waals surface area (Å²) >= 11 is 1.57. The van der Waals surface area contributed by atoms with Gasteiger partial charge in [0.05, 0.1) is 12.0 Å². The first-order chi connectivity index (χ1) is 11.3. The normalized spacial score (nSPS) is 13.9. The minimum absolute atomic E-state index is 0.0947. The molecule has 2 aromatic carbocycles. The Morgan fingerprint density at radius 1 is 1.17 bits per heavy atom. The van der Waals surface area contributed by atoms with Crippen LogP contribution in [0.3, 0.4) is 0 Å². The van der Waals surface area contributed by atoms with Gasteiger partial charge >= 0.3 is 0 Å². The molecule has 2 heterocycles. The number of ether oxygens (including phenoxy) is 1. The van der Waals surface area contributed by atoms with Gasteiger partial charge in [-0.15, -0.1) is 11.3 Å². The Labute approximate surface area is 139 Å². The molecule has 0 unspecified atom stereocenters. The molecule has 0 fully saturated rings. The van der Waals surface area contributed by atoms with Gasteiger partial charge in [-0.05, 0) is 54.1 Å². The summed E-state index contributed by atoms with van der Waals surface area (Å²) in [6.07, 6.45) is 1.97. The van der Waals surface area contributed by atoms with E-state index in [-0.39, 0.29) is 5.91 Å². The van der Waals surface area contributed by atoms with E-state index in [1.807, 2.05) is 41.3 Å². The van der Waals surface area contributed by atoms with Crippen molar-refractivity contribution in [3.05, 3.63) is 59.0 Å². The summed E-state index contributed by atoms with van der Waals surface area (Å²) < 4.78 is 6.45. The average Bonchev–Trinajstić information content (AvgIpc) is 3.04. The molecule has 0 saturated carbocycles. The van der Waals surface area contributed by atoms with Crippen molar-refractivity contribution in [3.8, 4) is 5.75 Å². The molecule has 23 heavy (non-hydrogen) atoms. The Kier molecular flexibility index (Phi) is 3.54. The highest BCUT2D eigenvalue weighted by atomic mass is 32.1. The highest BCUT2D eigenvalue weighted by molar-refractivity contribution is 7.20. The van der Waals surface area contributed by atoms with E-state index in [1.54, 1.807) is 18.4 Å². The number of carbonyl (C=O) groups excluding carboxylic acids is 1. The lowest BCUT2D eigenvalue weighted by Gasteiger charge is -2.29. The van der Waals surface area contributed by atoms with Crippen LogP contribution < -0.4 is 9.64 Å². The second kappa shape index (κ2) is 5.70. The molecule has 4 heteroatoms. The molecule has 0 saturated heterocycles. The lowest BCUT2D eigenvalue weighted by Crippen LogP contribution is -2.35. The maximum absolute atomic E-state index is 13.0. The number of amides is 1. The molecule has 1 aliphatic rings. The fourth-order valence-corrected chi connectivity index (χ4v) is 4.14. The summed E-state index contributed by atoms with van der Waals surface area (Å²) in [6.45, 7) is 0.770. The van der Waals surface area contributed by atoms with E-state index < -0.39 is 0 Å². The van der Waals surface area contributed by atoms with E-state index in [4.69, 9.17) is 4.74 Å². The summed E-state index contributed by atoms with van der Waals surface area (Å²) in [5.41, 5.74) is 2.20. The molecular weight excluding hydrogens is 306 g/mol. The van der Waals surface area contributed by atoms with Crippen LogP contribution in [0.1, 0.15) is 21.7 Å². The molecule has 3 aromatic rings. The van der Waals surface area contributed by atoms with Gasteiger partial charge in [-0.25, -0.2) is 0 Å². The Balaban J connectivity index is 1.72. The Bertz CT molecular complexity index is 851. The number of hydrogen-bond donors (Lipinski definition) is 0. The van der Waals surface area contributed by atoms with Crippen LogP contribution in [0.4, 0.5) is 5.69 Å². The molecule has 1 aliphatic heterocycles. The predicted octanol–water partition coefficient (Wildman–Crippen LogP) is 4.50. The second-order valence-corrected chi connectivity index (χ2v) is 6.79. The van der Waals surface area contributed by atoms with Crippen LogP contribution >= 0.6 is 11.3 Å². The van der Waals surface area contributed by atoms with E-state index in [0.29, 0.717) is 0 Å². The van der Waals surface area contributed by atoms with Gasteiger partial charge < -0.3 is 9.64 Å². The number of benzene rings is 2. The quantitative estimate of drug-likeness (QED) is 0.695. The third-order valence-electron chi connectivity index (χ3n) is 4.29. The topological polar surface area (TPSA) is 29.5 Å². The van der Waals surface area contributed by atoms with Crippen molar-refractivity contribution in [1.82, 2.24) is 0 Å². The van der Waals surface area contributed by atoms with Crippen molar-refractivity contribution in [1.29, 1.82) is 0 Å². The maximum atomic E-state index is 13.0. The minimum Gasteiger partial charge on any atom is -0.497 e. The smallest absolute Gasteiger partial charge is 0.268 e. The first-order valence-corrected chi connectivity index (χ1v) is 8.55. The SMILES string of the molecule is COc1ccc2c(c1)CCCN2C(=O)c1cc2ccccc2s1. The van der Waals surface area contributed by atoms with Crippen molar-refractivity contribution < 1.29 is 9.53 Å². The number of fused-ring (bicyclic) bond motifs is 2. The zero-order chi connectivity index (χ0) is 15.8. The van der Waals surface area contributed by atoms with Gasteiger partial charge in [0.2, 0.25) is 0 Å². The minimum atomic E-state index is 0.0947. The van der Waals surface area contributed by atoms with Crippen molar-refractivity contribution in [3.63, 3.8) is 0 Å². The van der Waals surface area contributed by atoms with Crippen LogP contribution in [-0.2, 0) is 6.42 Å². The number of hydrogen-bond acceptors (Lipinski definition) is 3. The van der Waals surface area contributed by atoms with Crippen molar-refractivity contribution in [2.24, 2.45) is 0 Å². The number of rotatable bonds is 2. The summed E-state index contributed by atoms with van der Waals surface area (Å²) in [5.74, 6) is 0.942. The number of methoxy groups -OCH3 is 1. The number of nitrogens with zero attached hydrogens (tertiary/aromatic N) is 1. The number of aryl methyl sites for hydroxylation is 1. The summed E-state index contributed by atoms with van der Waals surface area (Å²) in [6, 6.07) is 16.1. The molecule has 0 radical (unpaired) electrons. The second-order valence-electron chi connectivity index (χ2n) is 5.70. The Hall–Kier alpha value is -2.33. The molecule has 0 spiro atoms. The van der Waals surface area contributed by atoms with Gasteiger partial charge in [0.15, 0.2) is 0 Å². The molecule has 0 bridgehead atoms. The Morgan fingerprint density at radius 3 is 2.87 bits per heavy atom. The number of anilines is 1. The maximum Gasteiger partial charge on any atom is 0.268 e. The van der Waals surface area contributed by atoms with Crippen LogP contribution in [0.2, 0.25) is 0 Å². The molecule has 0 aliphatic carbocycles. The lowest BCUT2D eigenvalue weighted by molar-refractivity contribution is 0.0989. The highest BCUT2D eigenvalue weighted by Gasteiger charge is 2.25. The van der Waals surface area contributed by atoms with Crippen LogP contribution in [0.15, 0.2) is 48.5 Å². The zero-order valence-corrected chi connectivity index (χ0v) is 13.7. The van der Waals surface area contributed by atoms with Gasteiger partial charge in [-0.3, -0.25) is 4.79 Å². The van der Waals surface area contributed by atoms with E-state index in [2.05, 4.69) is 12.1 Å². The Morgan fingerprint density at radius 2 is 2.04 bits per heavy atom. The monoisotopic (exact) mass is 323 g/mol. The highest BCUT2D eigenvalue weighted by Crippen LogP contribution is 2.33. The fourth-order valence-electron chi connectivity index (χ4n) is 3.13. The summed E-state index contributed by atoms with van der Waals surface area (Å²) in [4.78, 5) is 15.7. The van der Waals surface area contributed by atoms with Crippen molar-refractivity contribution in [2.45, 2.75) is 12.8 Å². The summed E-state index contributed by atoms with van der Waals surface area (Å²) in [7, 11) is 1.67. The average molecular weight is 323 g/mol. The molecule has 4 rings (SSSR count). The molecule has 1 amide bonds. The van der Waals surface area contributed by atoms with Crippen LogP contribution in [0, 0.1) is 0 Å². The molecule has 116 valence electrons. The third-order valence-corrected chi connectivity index (χ3v) is 5.39. The third kappa shape index (κ3) is 2.49. The molecule has 0 N–H and O–H groups in total. The standard InChI is InChI=1S/C19H17NO2S/c1-22-15-8-9-16-13(11-15)6-4-10-20(16)19(21)18-12-14-5-2-3-7-17(14)23-18/h2-3,5,7-9,11-12H,4,6,10H2,1H3. The van der Waals surface area contributed by atoms with Crippen LogP contribution in [-0.4, -0.2) is 19.6 Å². The molecule has 1 aromatic heterocycles. The molecule has 0 atom stereocenters. The van der Waals surface area contributed by atoms with Crippen LogP contribution in [0.25, 0.3) is 10.1 Å². The van der Waals surface area contributed by atoms with E-state index >= 15 is 0 Å². The predicted molar refractivity (Wildman–Crippen MR) is 94.8 cm³/mol. The first-order valence-electron chi connectivity index (χ1n) is 7.73. The summed E-state index contributed by atoms with van der Waals surface area (Å²) in [5, 5.41) is 1.13. The van der Waals surface area contributed by atoms with Gasteiger partial charge in [0.25, 0.3) is 5.91 Å². The fraction of sp³-hybridized carbons (Fsp3) is 0.211. The molecule has 3 nitrogen and oxygen atoms in total. The number of carbonyl (C=O) groups is 1. The lowest BCUT2D eigenvalue weighted by atomic mass is 10.0. The zero-order valence-electron chi connectivity index (χ0n) is 12.9. The van der Waals surface area contributed by atoms with Gasteiger partial charge in [0, 0.05) is 16.9 Å². The van der Waals surface area contributed by atoms with E-state index in [0.717, 1.165) is 45.8 Å². The molecular formula is C19H17NO2S. The number of thiophene rings is 1. The van der Waals surface area contributed by atoms with Crippen molar-refractivity contribution in [2.75, 3.05) is 18.6 Å². The first kappa shape index (κ1) is 14.3. The van der Waals surface area contributed by atoms with Gasteiger partial charge in [-0.2, -0.15) is 0 Å². The van der Waals surface area contributed by atoms with Crippen molar-refractivity contribution >= 4 is 33.0 Å². The van der Waals surface area contributed by atoms with Gasteiger partial charge in [-0.1, -0.05) is 18.2 Å². The largest absolute Gasteiger partial charge is 0.497 e. The van der Waals surface area contributed by atoms with E-state index in [1.165, 1.54) is 5.56 Å². The van der Waals surface area contributed by atoms with Gasteiger partial charge in [0.1, 0.15) is 5.75 Å².